The number of hydrogen-bond donors (Lipinski definition) is 1. The van der Waals surface area contributed by atoms with Crippen molar-refractivity contribution in [1.82, 2.24) is 14.8 Å². The topological polar surface area (TPSA) is 56.4 Å². The molecule has 0 bridgehead atoms. The fourth-order valence-corrected chi connectivity index (χ4v) is 3.71. The summed E-state index contributed by atoms with van der Waals surface area (Å²) in [6.45, 7) is 7.53. The van der Waals surface area contributed by atoms with Gasteiger partial charge in [-0.15, -0.1) is 0 Å². The molecule has 5 heteroatoms. The highest BCUT2D eigenvalue weighted by Crippen LogP contribution is 2.15. The summed E-state index contributed by atoms with van der Waals surface area (Å²) >= 11 is 0. The molecule has 1 aromatic heterocycles. The number of aromatic nitrogens is 1. The van der Waals surface area contributed by atoms with Gasteiger partial charge >= 0.3 is 0 Å². The molecule has 144 valence electrons. The first-order chi connectivity index (χ1) is 13.5. The zero-order chi connectivity index (χ0) is 19.7. The van der Waals surface area contributed by atoms with Crippen LogP contribution < -0.4 is 5.56 Å². The molecule has 3 aromatic rings. The predicted molar refractivity (Wildman–Crippen MR) is 112 cm³/mol. The summed E-state index contributed by atoms with van der Waals surface area (Å²) < 4.78 is 0. The van der Waals surface area contributed by atoms with Gasteiger partial charge in [0.05, 0.1) is 0 Å². The number of amides is 1. The number of carbonyl (C=O) groups is 1. The van der Waals surface area contributed by atoms with Gasteiger partial charge in [0.1, 0.15) is 0 Å². The van der Waals surface area contributed by atoms with Crippen LogP contribution >= 0.6 is 0 Å². The number of nitrogens with one attached hydrogen (secondary N) is 1. The molecule has 0 saturated carbocycles. The second-order valence-corrected chi connectivity index (χ2v) is 7.65. The standard InChI is InChI=1S/C23H25N3O2/c1-16-3-6-18(7-4-16)23(28)26-11-9-25(10-12-26)15-20-14-19-8-5-17(2)13-21(19)24-22(20)27/h3-8,13-14H,9-12,15H2,1-2H3,(H,24,27). The number of nitrogens with zero attached hydrogens (tertiary/aromatic N) is 2. The molecule has 28 heavy (non-hydrogen) atoms. The Labute approximate surface area is 164 Å². The minimum atomic E-state index is -0.0312. The Balaban J connectivity index is 1.42. The van der Waals surface area contributed by atoms with Crippen LogP contribution in [-0.4, -0.2) is 46.9 Å². The molecule has 1 N–H and O–H groups in total. The van der Waals surface area contributed by atoms with Crippen LogP contribution in [0.5, 0.6) is 0 Å². The molecule has 0 aliphatic carbocycles. The van der Waals surface area contributed by atoms with E-state index in [1.54, 1.807) is 0 Å². The predicted octanol–water partition coefficient (Wildman–Crippen LogP) is 3.10. The van der Waals surface area contributed by atoms with E-state index in [2.05, 4.69) is 16.0 Å². The van der Waals surface area contributed by atoms with Crippen LogP contribution in [0.3, 0.4) is 0 Å². The van der Waals surface area contributed by atoms with E-state index in [-0.39, 0.29) is 11.5 Å². The fraction of sp³-hybridized carbons (Fsp3) is 0.304. The first kappa shape index (κ1) is 18.4. The number of piperazine rings is 1. The minimum absolute atomic E-state index is 0.0312. The summed E-state index contributed by atoms with van der Waals surface area (Å²) in [6.07, 6.45) is 0. The average molecular weight is 375 g/mol. The van der Waals surface area contributed by atoms with Crippen LogP contribution in [0.1, 0.15) is 27.0 Å². The molecule has 1 saturated heterocycles. The van der Waals surface area contributed by atoms with Crippen molar-refractivity contribution >= 4 is 16.8 Å². The Morgan fingerprint density at radius 3 is 2.32 bits per heavy atom. The van der Waals surface area contributed by atoms with Crippen LogP contribution in [0.15, 0.2) is 53.3 Å². The van der Waals surface area contributed by atoms with Crippen molar-refractivity contribution in [3.63, 3.8) is 0 Å². The summed E-state index contributed by atoms with van der Waals surface area (Å²) in [5.41, 5.74) is 4.64. The summed E-state index contributed by atoms with van der Waals surface area (Å²) in [7, 11) is 0. The Hall–Kier alpha value is -2.92. The number of aryl methyl sites for hydroxylation is 2. The van der Waals surface area contributed by atoms with E-state index < -0.39 is 0 Å². The van der Waals surface area contributed by atoms with E-state index in [0.29, 0.717) is 19.6 Å². The third-order valence-electron chi connectivity index (χ3n) is 5.43. The highest BCUT2D eigenvalue weighted by Gasteiger charge is 2.22. The number of benzene rings is 2. The lowest BCUT2D eigenvalue weighted by Gasteiger charge is -2.34. The molecule has 4 rings (SSSR count). The highest BCUT2D eigenvalue weighted by molar-refractivity contribution is 5.94. The number of aromatic amines is 1. The third kappa shape index (κ3) is 3.85. The number of rotatable bonds is 3. The lowest BCUT2D eigenvalue weighted by atomic mass is 10.1. The van der Waals surface area contributed by atoms with E-state index in [1.165, 1.54) is 0 Å². The maximum atomic E-state index is 12.7. The first-order valence-electron chi connectivity index (χ1n) is 9.70. The molecule has 0 unspecified atom stereocenters. The second-order valence-electron chi connectivity index (χ2n) is 7.65. The first-order valence-corrected chi connectivity index (χ1v) is 9.70. The SMILES string of the molecule is Cc1ccc(C(=O)N2CCN(Cc3cc4ccc(C)cc4[nH]c3=O)CC2)cc1. The van der Waals surface area contributed by atoms with Gasteiger partial charge in [-0.3, -0.25) is 14.5 Å². The van der Waals surface area contributed by atoms with E-state index >= 15 is 0 Å². The number of fused-ring (bicyclic) bond motifs is 1. The van der Waals surface area contributed by atoms with E-state index in [0.717, 1.165) is 46.2 Å². The molecule has 1 amide bonds. The van der Waals surface area contributed by atoms with Gasteiger partial charge in [-0.2, -0.15) is 0 Å². The summed E-state index contributed by atoms with van der Waals surface area (Å²) in [6, 6.07) is 15.8. The van der Waals surface area contributed by atoms with Crippen molar-refractivity contribution in [2.45, 2.75) is 20.4 Å². The van der Waals surface area contributed by atoms with Crippen LogP contribution in [0.4, 0.5) is 0 Å². The maximum absolute atomic E-state index is 12.7. The molecule has 0 spiro atoms. The van der Waals surface area contributed by atoms with Crippen molar-refractivity contribution in [3.8, 4) is 0 Å². The van der Waals surface area contributed by atoms with Crippen molar-refractivity contribution in [2.75, 3.05) is 26.2 Å². The Morgan fingerprint density at radius 2 is 1.61 bits per heavy atom. The monoisotopic (exact) mass is 375 g/mol. The molecule has 2 aromatic carbocycles. The summed E-state index contributed by atoms with van der Waals surface area (Å²) in [5, 5.41) is 1.05. The van der Waals surface area contributed by atoms with E-state index in [1.807, 2.05) is 61.2 Å². The van der Waals surface area contributed by atoms with Gasteiger partial charge in [0, 0.05) is 49.4 Å². The van der Waals surface area contributed by atoms with Gasteiger partial charge < -0.3 is 9.88 Å². The number of H-pyrrole nitrogens is 1. The lowest BCUT2D eigenvalue weighted by Crippen LogP contribution is -2.48. The largest absolute Gasteiger partial charge is 0.336 e. The Bertz CT molecular complexity index is 1060. The molecule has 1 fully saturated rings. The van der Waals surface area contributed by atoms with Gasteiger partial charge in [0.2, 0.25) is 0 Å². The Morgan fingerprint density at radius 1 is 0.929 bits per heavy atom. The third-order valence-corrected chi connectivity index (χ3v) is 5.43. The van der Waals surface area contributed by atoms with Gasteiger partial charge in [0.25, 0.3) is 11.5 Å². The average Bonchev–Trinajstić information content (AvgIpc) is 2.69. The van der Waals surface area contributed by atoms with Gasteiger partial charge in [0.15, 0.2) is 0 Å². The minimum Gasteiger partial charge on any atom is -0.336 e. The smallest absolute Gasteiger partial charge is 0.253 e. The van der Waals surface area contributed by atoms with Crippen molar-refractivity contribution in [2.24, 2.45) is 0 Å². The van der Waals surface area contributed by atoms with Gasteiger partial charge in [-0.25, -0.2) is 0 Å². The molecular weight excluding hydrogens is 350 g/mol. The number of hydrogen-bond acceptors (Lipinski definition) is 3. The highest BCUT2D eigenvalue weighted by atomic mass is 16.2. The molecule has 1 aliphatic heterocycles. The number of pyridine rings is 1. The van der Waals surface area contributed by atoms with Gasteiger partial charge in [-0.1, -0.05) is 29.8 Å². The zero-order valence-electron chi connectivity index (χ0n) is 16.4. The molecule has 1 aliphatic rings. The van der Waals surface area contributed by atoms with Crippen LogP contribution in [0, 0.1) is 13.8 Å². The quantitative estimate of drug-likeness (QED) is 0.765. The molecular formula is C23H25N3O2. The van der Waals surface area contributed by atoms with Crippen molar-refractivity contribution in [1.29, 1.82) is 0 Å². The van der Waals surface area contributed by atoms with E-state index in [4.69, 9.17) is 0 Å². The van der Waals surface area contributed by atoms with Crippen LogP contribution in [-0.2, 0) is 6.54 Å². The second kappa shape index (κ2) is 7.60. The van der Waals surface area contributed by atoms with E-state index in [9.17, 15) is 9.59 Å². The molecule has 0 radical (unpaired) electrons. The van der Waals surface area contributed by atoms with Crippen LogP contribution in [0.2, 0.25) is 0 Å². The normalized spacial score (nSPS) is 15.1. The van der Waals surface area contributed by atoms with Crippen LogP contribution in [0.25, 0.3) is 10.9 Å². The summed E-state index contributed by atoms with van der Waals surface area (Å²) in [4.78, 5) is 32.2. The fourth-order valence-electron chi connectivity index (χ4n) is 3.71. The molecule has 0 atom stereocenters. The molecule has 2 heterocycles. The maximum Gasteiger partial charge on any atom is 0.253 e. The zero-order valence-corrected chi connectivity index (χ0v) is 16.4. The Kier molecular flexibility index (Phi) is 5.01. The van der Waals surface area contributed by atoms with Gasteiger partial charge in [-0.05, 0) is 49.1 Å². The summed E-state index contributed by atoms with van der Waals surface area (Å²) in [5.74, 6) is 0.0820. The van der Waals surface area contributed by atoms with Crippen molar-refractivity contribution < 1.29 is 4.79 Å². The van der Waals surface area contributed by atoms with Crippen molar-refractivity contribution in [3.05, 3.63) is 81.1 Å². The number of carbonyl (C=O) groups excluding carboxylic acids is 1. The lowest BCUT2D eigenvalue weighted by molar-refractivity contribution is 0.0628. The molecule has 5 nitrogen and oxygen atoms in total.